The van der Waals surface area contributed by atoms with Crippen molar-refractivity contribution in [3.8, 4) is 11.3 Å². The molecule has 106 valence electrons. The maximum atomic E-state index is 11.5. The largest absolute Gasteiger partial charge is 0.393 e. The number of benzene rings is 1. The molecule has 0 fully saturated rings. The topological polar surface area (TPSA) is 78.0 Å². The number of hydrogen-bond donors (Lipinski definition) is 3. The standard InChI is InChI=1S/C15H19N3O2/c1-11(19)2-7-15(20)16-10-12-3-5-13(6-4-12)14-8-9-17-18-14/h3-6,8-9,11,19H,2,7,10H2,1H3,(H,16,20)(H,17,18). The minimum absolute atomic E-state index is 0.0384. The van der Waals surface area contributed by atoms with E-state index in [1.54, 1.807) is 13.1 Å². The van der Waals surface area contributed by atoms with Gasteiger partial charge >= 0.3 is 0 Å². The summed E-state index contributed by atoms with van der Waals surface area (Å²) in [5.74, 6) is -0.0384. The molecule has 0 aliphatic rings. The van der Waals surface area contributed by atoms with Gasteiger partial charge in [0, 0.05) is 19.2 Å². The number of nitrogens with one attached hydrogen (secondary N) is 2. The van der Waals surface area contributed by atoms with Crippen molar-refractivity contribution in [1.82, 2.24) is 15.5 Å². The lowest BCUT2D eigenvalue weighted by atomic mass is 10.1. The molecular formula is C15H19N3O2. The highest BCUT2D eigenvalue weighted by molar-refractivity contribution is 5.75. The summed E-state index contributed by atoms with van der Waals surface area (Å²) in [6.45, 7) is 2.18. The number of carbonyl (C=O) groups excluding carboxylic acids is 1. The minimum Gasteiger partial charge on any atom is -0.393 e. The number of aliphatic hydroxyl groups excluding tert-OH is 1. The monoisotopic (exact) mass is 273 g/mol. The van der Waals surface area contributed by atoms with Crippen molar-refractivity contribution < 1.29 is 9.90 Å². The van der Waals surface area contributed by atoms with Crippen LogP contribution in [0.25, 0.3) is 11.3 Å². The highest BCUT2D eigenvalue weighted by atomic mass is 16.3. The molecule has 1 aromatic carbocycles. The Labute approximate surface area is 118 Å². The molecule has 5 nitrogen and oxygen atoms in total. The Bertz CT molecular complexity index is 533. The number of nitrogens with zero attached hydrogens (tertiary/aromatic N) is 1. The predicted molar refractivity (Wildman–Crippen MR) is 76.8 cm³/mol. The molecule has 2 aromatic rings. The van der Waals surface area contributed by atoms with Crippen molar-refractivity contribution in [3.05, 3.63) is 42.1 Å². The third-order valence-corrected chi connectivity index (χ3v) is 3.04. The molecule has 0 saturated heterocycles. The number of H-pyrrole nitrogens is 1. The van der Waals surface area contributed by atoms with E-state index in [9.17, 15) is 4.79 Å². The van der Waals surface area contributed by atoms with Crippen LogP contribution >= 0.6 is 0 Å². The molecule has 3 N–H and O–H groups in total. The van der Waals surface area contributed by atoms with Crippen molar-refractivity contribution in [2.45, 2.75) is 32.4 Å². The second-order valence-corrected chi connectivity index (χ2v) is 4.83. The molecule has 2 rings (SSSR count). The Balaban J connectivity index is 1.84. The first kappa shape index (κ1) is 14.3. The van der Waals surface area contributed by atoms with E-state index in [1.165, 1.54) is 0 Å². The molecule has 1 amide bonds. The van der Waals surface area contributed by atoms with Crippen LogP contribution in [0.4, 0.5) is 0 Å². The molecule has 0 spiro atoms. The normalized spacial score (nSPS) is 12.1. The second-order valence-electron chi connectivity index (χ2n) is 4.83. The van der Waals surface area contributed by atoms with Gasteiger partial charge in [0.05, 0.1) is 11.8 Å². The number of carbonyl (C=O) groups is 1. The third kappa shape index (κ3) is 4.20. The van der Waals surface area contributed by atoms with E-state index in [0.29, 0.717) is 19.4 Å². The van der Waals surface area contributed by atoms with Gasteiger partial charge in [-0.2, -0.15) is 5.10 Å². The second kappa shape index (κ2) is 6.86. The summed E-state index contributed by atoms with van der Waals surface area (Å²) in [4.78, 5) is 11.5. The van der Waals surface area contributed by atoms with Gasteiger partial charge in [-0.25, -0.2) is 0 Å². The van der Waals surface area contributed by atoms with Gasteiger partial charge in [-0.3, -0.25) is 9.89 Å². The van der Waals surface area contributed by atoms with Gasteiger partial charge in [0.15, 0.2) is 0 Å². The Morgan fingerprint density at radius 1 is 1.35 bits per heavy atom. The zero-order chi connectivity index (χ0) is 14.4. The number of aliphatic hydroxyl groups is 1. The zero-order valence-corrected chi connectivity index (χ0v) is 11.5. The zero-order valence-electron chi connectivity index (χ0n) is 11.5. The first-order valence-corrected chi connectivity index (χ1v) is 6.68. The van der Waals surface area contributed by atoms with E-state index in [-0.39, 0.29) is 5.91 Å². The Morgan fingerprint density at radius 3 is 2.70 bits per heavy atom. The lowest BCUT2D eigenvalue weighted by molar-refractivity contribution is -0.121. The van der Waals surface area contributed by atoms with Gasteiger partial charge in [0.2, 0.25) is 5.91 Å². The summed E-state index contributed by atoms with van der Waals surface area (Å²) in [7, 11) is 0. The van der Waals surface area contributed by atoms with Crippen LogP contribution in [0.15, 0.2) is 36.5 Å². The van der Waals surface area contributed by atoms with Gasteiger partial charge in [-0.05, 0) is 30.5 Å². The predicted octanol–water partition coefficient (Wildman–Crippen LogP) is 1.85. The number of rotatable bonds is 6. The molecule has 0 bridgehead atoms. The highest BCUT2D eigenvalue weighted by Gasteiger charge is 2.04. The molecule has 1 unspecified atom stereocenters. The van der Waals surface area contributed by atoms with E-state index in [0.717, 1.165) is 16.8 Å². The highest BCUT2D eigenvalue weighted by Crippen LogP contribution is 2.16. The average Bonchev–Trinajstić information content (AvgIpc) is 2.97. The van der Waals surface area contributed by atoms with E-state index < -0.39 is 6.10 Å². The van der Waals surface area contributed by atoms with Gasteiger partial charge < -0.3 is 10.4 Å². The number of aromatic nitrogens is 2. The summed E-state index contributed by atoms with van der Waals surface area (Å²) >= 11 is 0. The Kier molecular flexibility index (Phi) is 4.90. The lowest BCUT2D eigenvalue weighted by Crippen LogP contribution is -2.23. The van der Waals surface area contributed by atoms with Gasteiger partial charge in [0.25, 0.3) is 0 Å². The number of aromatic amines is 1. The van der Waals surface area contributed by atoms with E-state index in [1.807, 2.05) is 30.3 Å². The molecule has 5 heteroatoms. The summed E-state index contributed by atoms with van der Waals surface area (Å²) < 4.78 is 0. The molecular weight excluding hydrogens is 254 g/mol. The SMILES string of the molecule is CC(O)CCC(=O)NCc1ccc(-c2ccn[nH]2)cc1. The molecule has 1 aromatic heterocycles. The minimum atomic E-state index is -0.436. The third-order valence-electron chi connectivity index (χ3n) is 3.04. The first-order valence-electron chi connectivity index (χ1n) is 6.68. The molecule has 1 heterocycles. The van der Waals surface area contributed by atoms with Crippen molar-refractivity contribution in [3.63, 3.8) is 0 Å². The fraction of sp³-hybridized carbons (Fsp3) is 0.333. The van der Waals surface area contributed by atoms with Gasteiger partial charge in [-0.15, -0.1) is 0 Å². The van der Waals surface area contributed by atoms with Crippen LogP contribution in [-0.2, 0) is 11.3 Å². The van der Waals surface area contributed by atoms with Crippen LogP contribution < -0.4 is 5.32 Å². The summed E-state index contributed by atoms with van der Waals surface area (Å²) in [5.41, 5.74) is 3.07. The van der Waals surface area contributed by atoms with Crippen molar-refractivity contribution >= 4 is 5.91 Å². The molecule has 0 saturated carbocycles. The van der Waals surface area contributed by atoms with Crippen LogP contribution in [0.3, 0.4) is 0 Å². The van der Waals surface area contributed by atoms with Crippen LogP contribution in [0.1, 0.15) is 25.3 Å². The Hall–Kier alpha value is -2.14. The van der Waals surface area contributed by atoms with Crippen molar-refractivity contribution in [2.75, 3.05) is 0 Å². The van der Waals surface area contributed by atoms with Gasteiger partial charge in [0.1, 0.15) is 0 Å². The van der Waals surface area contributed by atoms with E-state index in [4.69, 9.17) is 5.11 Å². The fourth-order valence-corrected chi connectivity index (χ4v) is 1.85. The van der Waals surface area contributed by atoms with Crippen LogP contribution in [-0.4, -0.2) is 27.3 Å². The summed E-state index contributed by atoms with van der Waals surface area (Å²) in [5, 5.41) is 18.8. The fourth-order valence-electron chi connectivity index (χ4n) is 1.85. The molecule has 0 aliphatic heterocycles. The smallest absolute Gasteiger partial charge is 0.220 e. The van der Waals surface area contributed by atoms with Crippen molar-refractivity contribution in [1.29, 1.82) is 0 Å². The maximum Gasteiger partial charge on any atom is 0.220 e. The summed E-state index contributed by atoms with van der Waals surface area (Å²) in [6, 6.07) is 9.85. The summed E-state index contributed by atoms with van der Waals surface area (Å²) in [6.07, 6.45) is 2.12. The van der Waals surface area contributed by atoms with Crippen LogP contribution in [0.2, 0.25) is 0 Å². The van der Waals surface area contributed by atoms with E-state index in [2.05, 4.69) is 15.5 Å². The van der Waals surface area contributed by atoms with E-state index >= 15 is 0 Å². The van der Waals surface area contributed by atoms with Crippen LogP contribution in [0, 0.1) is 0 Å². The first-order chi connectivity index (χ1) is 9.65. The van der Waals surface area contributed by atoms with Crippen molar-refractivity contribution in [2.24, 2.45) is 0 Å². The molecule has 20 heavy (non-hydrogen) atoms. The Morgan fingerprint density at radius 2 is 2.10 bits per heavy atom. The lowest BCUT2D eigenvalue weighted by Gasteiger charge is -2.07. The quantitative estimate of drug-likeness (QED) is 0.751. The molecule has 1 atom stereocenters. The number of amides is 1. The molecule has 0 radical (unpaired) electrons. The average molecular weight is 273 g/mol. The van der Waals surface area contributed by atoms with Gasteiger partial charge in [-0.1, -0.05) is 24.3 Å². The molecule has 0 aliphatic carbocycles. The maximum absolute atomic E-state index is 11.5. The van der Waals surface area contributed by atoms with Crippen LogP contribution in [0.5, 0.6) is 0 Å². The number of hydrogen-bond acceptors (Lipinski definition) is 3.